The van der Waals surface area contributed by atoms with Crippen LogP contribution in [0.2, 0.25) is 0 Å². The van der Waals surface area contributed by atoms with E-state index in [0.29, 0.717) is 43.9 Å². The molecule has 252 valence electrons. The van der Waals surface area contributed by atoms with Crippen LogP contribution in [0.25, 0.3) is 0 Å². The fourth-order valence-corrected chi connectivity index (χ4v) is 8.17. The van der Waals surface area contributed by atoms with Gasteiger partial charge >= 0.3 is 0 Å². The number of carbonyl (C=O) groups is 1. The molecule has 0 radical (unpaired) electrons. The van der Waals surface area contributed by atoms with Crippen molar-refractivity contribution >= 4 is 11.5 Å². The maximum atomic E-state index is 12.6. The number of hydrogen-bond donors (Lipinski definition) is 6. The third-order valence-electron chi connectivity index (χ3n) is 10.7. The lowest BCUT2D eigenvalue weighted by Crippen LogP contribution is -3.12. The van der Waals surface area contributed by atoms with Gasteiger partial charge in [-0.1, -0.05) is 56.2 Å². The van der Waals surface area contributed by atoms with Crippen LogP contribution in [-0.2, 0) is 11.2 Å². The largest absolute Gasteiger partial charge is 0.504 e. The van der Waals surface area contributed by atoms with Crippen LogP contribution in [0.5, 0.6) is 11.5 Å². The summed E-state index contributed by atoms with van der Waals surface area (Å²) in [5, 5.41) is 36.0. The summed E-state index contributed by atoms with van der Waals surface area (Å²) >= 11 is 0. The Morgan fingerprint density at radius 2 is 2.04 bits per heavy atom. The van der Waals surface area contributed by atoms with Crippen molar-refractivity contribution in [1.82, 2.24) is 5.32 Å². The maximum absolute atomic E-state index is 12.6. The molecule has 48 heavy (non-hydrogen) atoms. The molecule has 0 fully saturated rings. The molecular formula is C39H47N4O5+. The number of hydrogen-bond acceptors (Lipinski definition) is 8. The van der Waals surface area contributed by atoms with Gasteiger partial charge in [0.2, 0.25) is 6.23 Å². The first-order valence-corrected chi connectivity index (χ1v) is 17.7. The summed E-state index contributed by atoms with van der Waals surface area (Å²) in [5.41, 5.74) is 15.1. The zero-order chi connectivity index (χ0) is 33.4. The SMILES string of the molecule is CCCCC[C@@H](O)CC(=O)CCc1ccc(O)c(O[C@@H]2CC#C[C@H](O)c3ccc4c5c3[C@@H](CC[C@@H]5CN[C@H]4N)C3=CN=C4C[NH+]2C=C34)c1. The van der Waals surface area contributed by atoms with Crippen LogP contribution in [-0.4, -0.2) is 52.2 Å². The number of aliphatic imine (C=N–C) groups is 1. The number of Topliss-reactive ketones (excluding diaryl/α,β-unsaturated/α-hetero) is 1. The molecule has 4 heterocycles. The number of allylic oxidation sites excluding steroid dienone is 1. The summed E-state index contributed by atoms with van der Waals surface area (Å²) in [6, 6.07) is 9.25. The van der Waals surface area contributed by atoms with Gasteiger partial charge in [-0.2, -0.15) is 0 Å². The van der Waals surface area contributed by atoms with Crippen molar-refractivity contribution in [2.45, 2.75) is 108 Å². The number of nitrogens with one attached hydrogen (secondary N) is 2. The van der Waals surface area contributed by atoms with Crippen LogP contribution in [0.4, 0.5) is 0 Å². The van der Waals surface area contributed by atoms with Gasteiger partial charge in [0.05, 0.1) is 17.8 Å². The molecule has 0 aromatic heterocycles. The fraction of sp³-hybridized carbons (Fsp3) is 0.487. The number of aliphatic hydroxyl groups is 2. The quantitative estimate of drug-likeness (QED) is 0.161. The normalized spacial score (nSPS) is 27.3. The predicted molar refractivity (Wildman–Crippen MR) is 183 cm³/mol. The number of fused-ring (bicyclic) bond motifs is 2. The summed E-state index contributed by atoms with van der Waals surface area (Å²) in [6.07, 6.45) is 8.94. The van der Waals surface area contributed by atoms with Crippen molar-refractivity contribution in [3.63, 3.8) is 0 Å². The van der Waals surface area contributed by atoms with Gasteiger partial charge in [0.25, 0.3) is 0 Å². The Kier molecular flexibility index (Phi) is 9.54. The molecular weight excluding hydrogens is 604 g/mol. The van der Waals surface area contributed by atoms with Crippen LogP contribution >= 0.6 is 0 Å². The van der Waals surface area contributed by atoms with E-state index in [0.717, 1.165) is 71.5 Å². The molecule has 9 heteroatoms. The number of rotatable bonds is 11. The first-order chi connectivity index (χ1) is 23.3. The van der Waals surface area contributed by atoms with Gasteiger partial charge in [-0.05, 0) is 77.1 Å². The number of carbonyl (C=O) groups excluding carboxylic acids is 1. The second kappa shape index (κ2) is 14.0. The van der Waals surface area contributed by atoms with Gasteiger partial charge in [-0.3, -0.25) is 20.0 Å². The highest BCUT2D eigenvalue weighted by Crippen LogP contribution is 2.51. The molecule has 0 amide bonds. The molecule has 2 aromatic carbocycles. The van der Waals surface area contributed by atoms with Crippen molar-refractivity contribution in [1.29, 1.82) is 0 Å². The van der Waals surface area contributed by atoms with Gasteiger partial charge in [0.15, 0.2) is 11.5 Å². The monoisotopic (exact) mass is 651 g/mol. The molecule has 0 spiro atoms. The fourth-order valence-electron chi connectivity index (χ4n) is 8.17. The number of aliphatic hydroxyl groups excluding tert-OH is 2. The highest BCUT2D eigenvalue weighted by atomic mass is 16.5. The van der Waals surface area contributed by atoms with E-state index in [1.807, 2.05) is 18.3 Å². The highest BCUT2D eigenvalue weighted by molar-refractivity contribution is 6.08. The lowest BCUT2D eigenvalue weighted by atomic mass is 9.67. The molecule has 7 atom stereocenters. The summed E-state index contributed by atoms with van der Waals surface area (Å²) in [5.74, 6) is 7.15. The van der Waals surface area contributed by atoms with Crippen molar-refractivity contribution in [2.24, 2.45) is 10.7 Å². The van der Waals surface area contributed by atoms with Crippen molar-refractivity contribution < 1.29 is 29.8 Å². The Labute approximate surface area is 282 Å². The third kappa shape index (κ3) is 6.48. The molecule has 4 aliphatic heterocycles. The minimum atomic E-state index is -0.962. The van der Waals surface area contributed by atoms with Gasteiger partial charge in [0.1, 0.15) is 36.8 Å². The van der Waals surface area contributed by atoms with E-state index in [4.69, 9.17) is 15.5 Å². The van der Waals surface area contributed by atoms with Gasteiger partial charge in [-0.25, -0.2) is 0 Å². The number of aromatic hydroxyl groups is 1. The molecule has 2 bridgehead atoms. The summed E-state index contributed by atoms with van der Waals surface area (Å²) in [4.78, 5) is 18.5. The van der Waals surface area contributed by atoms with E-state index in [1.165, 1.54) is 16.7 Å². The van der Waals surface area contributed by atoms with Gasteiger partial charge in [0, 0.05) is 31.5 Å². The number of ether oxygens (including phenoxy) is 1. The number of nitrogens with two attached hydrogens (primary N) is 1. The molecule has 7 N–H and O–H groups in total. The Balaban J connectivity index is 1.13. The highest BCUT2D eigenvalue weighted by Gasteiger charge is 2.43. The number of benzene rings is 2. The number of aryl methyl sites for hydroxylation is 1. The standard InChI is InChI=1S/C39H46N4O5/c1-2-3-4-6-25(44)18-26(45)12-9-23-10-16-34(47)35(17-23)48-36-8-5-7-33(46)28-14-15-29-37-24(19-42-39(29)40)11-13-27(38(28)37)30-20-41-32-22-43(36)21-31(30)32/h10,14-17,20-21,24-25,27,33,36,39,42,44,46-47H,2-4,6,8-9,11-13,18-19,22,40H2,1H3/p+1/t24-,25-,27+,33+,36-,39-/m1/s1. The Bertz CT molecular complexity index is 1740. The number of nitrogens with zero attached hydrogens (tertiary/aromatic N) is 1. The van der Waals surface area contributed by atoms with E-state index in [2.05, 4.69) is 30.3 Å². The first kappa shape index (κ1) is 32.8. The van der Waals surface area contributed by atoms with Gasteiger partial charge < -0.3 is 25.8 Å². The van der Waals surface area contributed by atoms with Gasteiger partial charge in [-0.15, -0.1) is 0 Å². The molecule has 7 rings (SSSR count). The number of ketones is 1. The maximum Gasteiger partial charge on any atom is 0.247 e. The number of phenolic OH excluding ortho intramolecular Hbond substituents is 1. The minimum absolute atomic E-state index is 0.0167. The second-order valence-electron chi connectivity index (χ2n) is 14.0. The smallest absolute Gasteiger partial charge is 0.247 e. The summed E-state index contributed by atoms with van der Waals surface area (Å²) in [6.45, 7) is 3.57. The Hall–Kier alpha value is -3.78. The Morgan fingerprint density at radius 3 is 2.90 bits per heavy atom. The molecule has 1 unspecified atom stereocenters. The van der Waals surface area contributed by atoms with Crippen LogP contribution in [0.1, 0.15) is 117 Å². The van der Waals surface area contributed by atoms with Crippen LogP contribution in [0.3, 0.4) is 0 Å². The molecule has 0 saturated carbocycles. The van der Waals surface area contributed by atoms with Crippen molar-refractivity contribution in [3.8, 4) is 23.3 Å². The minimum Gasteiger partial charge on any atom is -0.504 e. The van der Waals surface area contributed by atoms with Crippen molar-refractivity contribution in [2.75, 3.05) is 13.1 Å². The molecule has 0 saturated heterocycles. The third-order valence-corrected chi connectivity index (χ3v) is 10.7. The first-order valence-electron chi connectivity index (χ1n) is 17.7. The predicted octanol–water partition coefficient (Wildman–Crippen LogP) is 3.71. The summed E-state index contributed by atoms with van der Waals surface area (Å²) in [7, 11) is 0. The summed E-state index contributed by atoms with van der Waals surface area (Å²) < 4.78 is 6.51. The lowest BCUT2D eigenvalue weighted by molar-refractivity contribution is -0.882. The van der Waals surface area contributed by atoms with E-state index in [9.17, 15) is 20.1 Å². The second-order valence-corrected chi connectivity index (χ2v) is 14.0. The number of quaternary nitrogens is 1. The zero-order valence-corrected chi connectivity index (χ0v) is 27.7. The van der Waals surface area contributed by atoms with Crippen LogP contribution in [0, 0.1) is 11.8 Å². The Morgan fingerprint density at radius 1 is 1.19 bits per heavy atom. The van der Waals surface area contributed by atoms with E-state index < -0.39 is 18.4 Å². The van der Waals surface area contributed by atoms with Crippen LogP contribution in [0.15, 0.2) is 58.9 Å². The average Bonchev–Trinajstić information content (AvgIpc) is 3.67. The van der Waals surface area contributed by atoms with E-state index >= 15 is 0 Å². The molecule has 2 aromatic rings. The number of unbranched alkanes of at least 4 members (excludes halogenated alkanes) is 2. The molecule has 1 aliphatic carbocycles. The van der Waals surface area contributed by atoms with E-state index in [-0.39, 0.29) is 30.0 Å². The zero-order valence-electron chi connectivity index (χ0n) is 27.7. The van der Waals surface area contributed by atoms with E-state index in [1.54, 1.807) is 18.2 Å². The van der Waals surface area contributed by atoms with Crippen molar-refractivity contribution in [3.05, 3.63) is 81.7 Å². The van der Waals surface area contributed by atoms with Crippen LogP contribution < -0.4 is 20.7 Å². The number of phenols is 1. The molecule has 9 nitrogen and oxygen atoms in total. The lowest BCUT2D eigenvalue weighted by Gasteiger charge is -2.40. The topological polar surface area (TPSA) is 142 Å². The molecule has 5 aliphatic rings. The average molecular weight is 652 g/mol.